The molecular weight excluding hydrogens is 302 g/mol. The quantitative estimate of drug-likeness (QED) is 0.873. The van der Waals surface area contributed by atoms with Crippen molar-refractivity contribution < 1.29 is 4.79 Å². The van der Waals surface area contributed by atoms with Gasteiger partial charge in [-0.15, -0.1) is 17.5 Å². The minimum Gasteiger partial charge on any atom is -0.351 e. The third kappa shape index (κ3) is 4.05. The van der Waals surface area contributed by atoms with Gasteiger partial charge in [0, 0.05) is 6.54 Å². The van der Waals surface area contributed by atoms with E-state index < -0.39 is 0 Å². The van der Waals surface area contributed by atoms with E-state index in [4.69, 9.17) is 0 Å². The van der Waals surface area contributed by atoms with Crippen LogP contribution in [0.4, 0.5) is 0 Å². The Morgan fingerprint density at radius 3 is 2.91 bits per heavy atom. The molecule has 0 saturated carbocycles. The van der Waals surface area contributed by atoms with Gasteiger partial charge in [-0.25, -0.2) is 4.68 Å². The second-order valence-electron chi connectivity index (χ2n) is 5.29. The number of amides is 1. The summed E-state index contributed by atoms with van der Waals surface area (Å²) in [5.41, 5.74) is 1.24. The number of nitrogens with one attached hydrogen (secondary N) is 2. The molecule has 1 aromatic carbocycles. The molecule has 6 nitrogen and oxygen atoms in total. The van der Waals surface area contributed by atoms with Crippen molar-refractivity contribution in [1.29, 1.82) is 0 Å². The number of nitrogens with zero attached hydrogens (tertiary/aromatic N) is 3. The molecule has 1 atom stereocenters. The van der Waals surface area contributed by atoms with Gasteiger partial charge in [-0.1, -0.05) is 23.4 Å². The minimum atomic E-state index is -0.164. The zero-order valence-corrected chi connectivity index (χ0v) is 13.1. The third-order valence-electron chi connectivity index (χ3n) is 3.75. The van der Waals surface area contributed by atoms with E-state index in [-0.39, 0.29) is 18.3 Å². The highest BCUT2D eigenvalue weighted by atomic mass is 35.5. The Bertz CT molecular complexity index is 595. The highest BCUT2D eigenvalue weighted by Crippen LogP contribution is 2.11. The molecule has 0 aliphatic carbocycles. The van der Waals surface area contributed by atoms with E-state index in [0.717, 1.165) is 25.2 Å². The molecule has 1 aromatic heterocycles. The van der Waals surface area contributed by atoms with Crippen molar-refractivity contribution in [3.8, 4) is 5.69 Å². The van der Waals surface area contributed by atoms with Gasteiger partial charge in [0.1, 0.15) is 0 Å². The normalized spacial score (nSPS) is 17.0. The van der Waals surface area contributed by atoms with Crippen molar-refractivity contribution in [1.82, 2.24) is 25.6 Å². The molecule has 1 aliphatic heterocycles. The molecule has 1 unspecified atom stereocenters. The number of halogens is 1. The van der Waals surface area contributed by atoms with E-state index in [1.165, 1.54) is 6.42 Å². The summed E-state index contributed by atoms with van der Waals surface area (Å²) in [4.78, 5) is 12.0. The van der Waals surface area contributed by atoms with Crippen molar-refractivity contribution >= 4 is 18.3 Å². The Hall–Kier alpha value is -1.92. The molecule has 2 aromatic rings. The zero-order valence-electron chi connectivity index (χ0n) is 12.2. The summed E-state index contributed by atoms with van der Waals surface area (Å²) in [5.74, 6) is 0.508. The number of para-hydroxylation sites is 1. The first-order valence-electron chi connectivity index (χ1n) is 7.29. The van der Waals surface area contributed by atoms with Gasteiger partial charge in [0.2, 0.25) is 0 Å². The maximum atomic E-state index is 12.0. The molecule has 118 valence electrons. The summed E-state index contributed by atoms with van der Waals surface area (Å²) in [6.45, 7) is 2.83. The predicted molar refractivity (Wildman–Crippen MR) is 86.5 cm³/mol. The van der Waals surface area contributed by atoms with Crippen LogP contribution in [-0.2, 0) is 0 Å². The van der Waals surface area contributed by atoms with E-state index in [0.29, 0.717) is 18.2 Å². The molecule has 0 bridgehead atoms. The van der Waals surface area contributed by atoms with E-state index in [9.17, 15) is 4.79 Å². The van der Waals surface area contributed by atoms with Crippen LogP contribution in [-0.4, -0.2) is 40.5 Å². The lowest BCUT2D eigenvalue weighted by Gasteiger charge is -2.08. The highest BCUT2D eigenvalue weighted by molar-refractivity contribution is 5.91. The average molecular weight is 322 g/mol. The molecular formula is C15H20ClN5O. The zero-order chi connectivity index (χ0) is 14.5. The summed E-state index contributed by atoms with van der Waals surface area (Å²) >= 11 is 0. The topological polar surface area (TPSA) is 71.8 Å². The first-order valence-corrected chi connectivity index (χ1v) is 7.29. The minimum absolute atomic E-state index is 0. The van der Waals surface area contributed by atoms with Crippen molar-refractivity contribution in [2.75, 3.05) is 19.6 Å². The van der Waals surface area contributed by atoms with Crippen LogP contribution in [0.5, 0.6) is 0 Å². The Kier molecular flexibility index (Phi) is 5.91. The van der Waals surface area contributed by atoms with E-state index in [1.54, 1.807) is 10.9 Å². The second-order valence-corrected chi connectivity index (χ2v) is 5.29. The number of hydrogen-bond acceptors (Lipinski definition) is 4. The average Bonchev–Trinajstić information content (AvgIpc) is 3.20. The maximum Gasteiger partial charge on any atom is 0.273 e. The predicted octanol–water partition coefficient (Wildman–Crippen LogP) is 1.42. The Morgan fingerprint density at radius 2 is 2.18 bits per heavy atom. The number of aromatic nitrogens is 3. The first-order chi connectivity index (χ1) is 10.3. The second kappa shape index (κ2) is 7.91. The van der Waals surface area contributed by atoms with Crippen LogP contribution in [0.15, 0.2) is 36.5 Å². The molecule has 1 aliphatic rings. The summed E-state index contributed by atoms with van der Waals surface area (Å²) in [6.07, 6.45) is 3.85. The molecule has 1 saturated heterocycles. The fourth-order valence-corrected chi connectivity index (χ4v) is 2.52. The highest BCUT2D eigenvalue weighted by Gasteiger charge is 2.15. The number of rotatable bonds is 5. The summed E-state index contributed by atoms with van der Waals surface area (Å²) in [5, 5.41) is 14.2. The van der Waals surface area contributed by atoms with Crippen LogP contribution in [0.25, 0.3) is 5.69 Å². The number of carbonyl (C=O) groups excluding carboxylic acids is 1. The summed E-state index contributed by atoms with van der Waals surface area (Å²) in [7, 11) is 0. The molecule has 0 spiro atoms. The van der Waals surface area contributed by atoms with Gasteiger partial charge in [-0.2, -0.15) is 0 Å². The summed E-state index contributed by atoms with van der Waals surface area (Å²) < 4.78 is 1.61. The largest absolute Gasteiger partial charge is 0.351 e. The molecule has 1 amide bonds. The fourth-order valence-electron chi connectivity index (χ4n) is 2.52. The van der Waals surface area contributed by atoms with Crippen molar-refractivity contribution in [3.05, 3.63) is 42.2 Å². The lowest BCUT2D eigenvalue weighted by molar-refractivity contribution is 0.0946. The van der Waals surface area contributed by atoms with E-state index in [2.05, 4.69) is 20.9 Å². The van der Waals surface area contributed by atoms with E-state index >= 15 is 0 Å². The Balaban J connectivity index is 0.00000176. The Labute approximate surface area is 135 Å². The van der Waals surface area contributed by atoms with Gasteiger partial charge in [0.05, 0.1) is 11.9 Å². The summed E-state index contributed by atoms with van der Waals surface area (Å²) in [6, 6.07) is 9.62. The van der Waals surface area contributed by atoms with Crippen LogP contribution in [0, 0.1) is 5.92 Å². The lowest BCUT2D eigenvalue weighted by atomic mass is 10.1. The van der Waals surface area contributed by atoms with Gasteiger partial charge in [-0.3, -0.25) is 4.79 Å². The molecule has 7 heteroatoms. The number of carbonyl (C=O) groups is 1. The standard InChI is InChI=1S/C15H19N5O.ClH/c21-15(17-9-7-12-6-8-16-10-12)14-11-20(19-18-14)13-4-2-1-3-5-13;/h1-5,11-12,16H,6-10H2,(H,17,21);1H. The Morgan fingerprint density at radius 1 is 1.36 bits per heavy atom. The molecule has 1 fully saturated rings. The fraction of sp³-hybridized carbons (Fsp3) is 0.400. The van der Waals surface area contributed by atoms with E-state index in [1.807, 2.05) is 30.3 Å². The van der Waals surface area contributed by atoms with Crippen LogP contribution >= 0.6 is 12.4 Å². The van der Waals surface area contributed by atoms with Gasteiger partial charge < -0.3 is 10.6 Å². The monoisotopic (exact) mass is 321 g/mol. The molecule has 0 radical (unpaired) electrons. The van der Waals surface area contributed by atoms with Gasteiger partial charge in [0.15, 0.2) is 5.69 Å². The molecule has 22 heavy (non-hydrogen) atoms. The van der Waals surface area contributed by atoms with Crippen LogP contribution in [0.2, 0.25) is 0 Å². The third-order valence-corrected chi connectivity index (χ3v) is 3.75. The van der Waals surface area contributed by atoms with Crippen molar-refractivity contribution in [3.63, 3.8) is 0 Å². The number of hydrogen-bond donors (Lipinski definition) is 2. The lowest BCUT2D eigenvalue weighted by Crippen LogP contribution is -2.26. The SMILES string of the molecule is Cl.O=C(NCCC1CCNC1)c1cn(-c2ccccc2)nn1. The van der Waals surface area contributed by atoms with Gasteiger partial charge in [-0.05, 0) is 44.0 Å². The van der Waals surface area contributed by atoms with Crippen LogP contribution < -0.4 is 10.6 Å². The van der Waals surface area contributed by atoms with Crippen molar-refractivity contribution in [2.24, 2.45) is 5.92 Å². The van der Waals surface area contributed by atoms with Crippen molar-refractivity contribution in [2.45, 2.75) is 12.8 Å². The number of benzene rings is 1. The smallest absolute Gasteiger partial charge is 0.273 e. The van der Waals surface area contributed by atoms with Gasteiger partial charge >= 0.3 is 0 Å². The first kappa shape index (κ1) is 16.5. The maximum absolute atomic E-state index is 12.0. The van der Waals surface area contributed by atoms with Crippen LogP contribution in [0.1, 0.15) is 23.3 Å². The van der Waals surface area contributed by atoms with Gasteiger partial charge in [0.25, 0.3) is 5.91 Å². The molecule has 2 heterocycles. The van der Waals surface area contributed by atoms with Crippen LogP contribution in [0.3, 0.4) is 0 Å². The molecule has 2 N–H and O–H groups in total. The molecule has 3 rings (SSSR count).